The number of carbonyl (C=O) groups excluding carboxylic acids is 1. The minimum Gasteiger partial charge on any atom is -0.508 e. The number of cyclic esters (lactones) is 1. The predicted molar refractivity (Wildman–Crippen MR) is 113 cm³/mol. The van der Waals surface area contributed by atoms with Crippen molar-refractivity contribution in [1.82, 2.24) is 4.90 Å². The van der Waals surface area contributed by atoms with Crippen LogP contribution in [-0.2, 0) is 17.9 Å². The Morgan fingerprint density at radius 3 is 2.59 bits per heavy atom. The Balaban J connectivity index is 1.64. The van der Waals surface area contributed by atoms with Crippen LogP contribution in [-0.4, -0.2) is 29.1 Å². The first-order valence-electron chi connectivity index (χ1n) is 10.6. The first-order chi connectivity index (χ1) is 14.0. The number of phenols is 1. The fourth-order valence-electron chi connectivity index (χ4n) is 3.63. The van der Waals surface area contributed by atoms with E-state index in [4.69, 9.17) is 9.47 Å². The normalized spacial score (nSPS) is 15.4. The Bertz CT molecular complexity index is 845. The van der Waals surface area contributed by atoms with Gasteiger partial charge in [-0.1, -0.05) is 45.4 Å². The third-order valence-corrected chi connectivity index (χ3v) is 5.50. The second kappa shape index (κ2) is 9.79. The summed E-state index contributed by atoms with van der Waals surface area (Å²) in [5.41, 5.74) is 3.35. The van der Waals surface area contributed by atoms with Crippen LogP contribution in [0.1, 0.15) is 73.2 Å². The monoisotopic (exact) mass is 397 g/mol. The van der Waals surface area contributed by atoms with Gasteiger partial charge in [-0.2, -0.15) is 0 Å². The Hall–Kier alpha value is -2.53. The van der Waals surface area contributed by atoms with Crippen molar-refractivity contribution in [3.8, 4) is 11.5 Å². The molecule has 1 unspecified atom stereocenters. The minimum absolute atomic E-state index is 0.137. The second-order valence-electron chi connectivity index (χ2n) is 7.50. The van der Waals surface area contributed by atoms with Gasteiger partial charge in [0, 0.05) is 17.7 Å². The van der Waals surface area contributed by atoms with E-state index in [2.05, 4.69) is 25.7 Å². The summed E-state index contributed by atoms with van der Waals surface area (Å²) in [6, 6.07) is 11.3. The number of esters is 1. The third-order valence-electron chi connectivity index (χ3n) is 5.50. The minimum atomic E-state index is -0.273. The Morgan fingerprint density at radius 1 is 1.10 bits per heavy atom. The zero-order chi connectivity index (χ0) is 20.8. The Labute approximate surface area is 173 Å². The summed E-state index contributed by atoms with van der Waals surface area (Å²) < 4.78 is 11.4. The molecular formula is C24H31NO4. The molecular weight excluding hydrogens is 366 g/mol. The van der Waals surface area contributed by atoms with Crippen LogP contribution in [0.15, 0.2) is 36.4 Å². The lowest BCUT2D eigenvalue weighted by Crippen LogP contribution is -2.22. The largest absolute Gasteiger partial charge is 0.508 e. The van der Waals surface area contributed by atoms with E-state index in [0.29, 0.717) is 17.9 Å². The van der Waals surface area contributed by atoms with Crippen LogP contribution in [0.4, 0.5) is 0 Å². The van der Waals surface area contributed by atoms with Crippen molar-refractivity contribution in [2.24, 2.45) is 0 Å². The van der Waals surface area contributed by atoms with Crippen molar-refractivity contribution in [2.45, 2.75) is 59.3 Å². The molecule has 0 bridgehead atoms. The molecule has 2 aromatic rings. The van der Waals surface area contributed by atoms with Crippen molar-refractivity contribution < 1.29 is 19.4 Å². The Morgan fingerprint density at radius 2 is 1.90 bits per heavy atom. The molecule has 1 aliphatic heterocycles. The lowest BCUT2D eigenvalue weighted by atomic mass is 10.0. The van der Waals surface area contributed by atoms with Crippen LogP contribution in [0.25, 0.3) is 0 Å². The molecule has 0 radical (unpaired) electrons. The highest BCUT2D eigenvalue weighted by atomic mass is 16.5. The van der Waals surface area contributed by atoms with E-state index in [1.807, 2.05) is 24.3 Å². The lowest BCUT2D eigenvalue weighted by molar-refractivity contribution is 0.0364. The number of rotatable bonds is 10. The highest BCUT2D eigenvalue weighted by Gasteiger charge is 2.30. The molecule has 0 amide bonds. The summed E-state index contributed by atoms with van der Waals surface area (Å²) in [6.45, 7) is 9.30. The zero-order valence-corrected chi connectivity index (χ0v) is 17.6. The molecule has 2 aromatic carbocycles. The van der Waals surface area contributed by atoms with Gasteiger partial charge >= 0.3 is 5.97 Å². The van der Waals surface area contributed by atoms with E-state index in [-0.39, 0.29) is 17.8 Å². The van der Waals surface area contributed by atoms with Gasteiger partial charge in [-0.05, 0) is 49.7 Å². The van der Waals surface area contributed by atoms with E-state index < -0.39 is 0 Å². The van der Waals surface area contributed by atoms with Crippen LogP contribution in [0.2, 0.25) is 0 Å². The first kappa shape index (κ1) is 21.2. The quantitative estimate of drug-likeness (QED) is 0.557. The number of aromatic hydroxyl groups is 1. The molecule has 0 spiro atoms. The summed E-state index contributed by atoms with van der Waals surface area (Å²) in [6.07, 6.45) is 2.82. The molecule has 5 heteroatoms. The number of fused-ring (bicyclic) bond motifs is 1. The van der Waals surface area contributed by atoms with E-state index >= 15 is 0 Å². The molecule has 0 aromatic heterocycles. The molecule has 1 aliphatic rings. The van der Waals surface area contributed by atoms with E-state index in [1.165, 1.54) is 0 Å². The smallest absolute Gasteiger partial charge is 0.339 e. The van der Waals surface area contributed by atoms with Gasteiger partial charge in [0.1, 0.15) is 24.2 Å². The number of benzene rings is 2. The maximum Gasteiger partial charge on any atom is 0.339 e. The van der Waals surface area contributed by atoms with Crippen molar-refractivity contribution in [3.63, 3.8) is 0 Å². The summed E-state index contributed by atoms with van der Waals surface area (Å²) in [5, 5.41) is 10.3. The fourth-order valence-corrected chi connectivity index (χ4v) is 3.63. The molecule has 156 valence electrons. The predicted octanol–water partition coefficient (Wildman–Crippen LogP) is 5.21. The highest BCUT2D eigenvalue weighted by molar-refractivity contribution is 5.94. The van der Waals surface area contributed by atoms with Crippen molar-refractivity contribution in [1.29, 1.82) is 0 Å². The lowest BCUT2D eigenvalue weighted by Gasteiger charge is -2.19. The van der Waals surface area contributed by atoms with Crippen molar-refractivity contribution in [3.05, 3.63) is 58.7 Å². The zero-order valence-electron chi connectivity index (χ0n) is 17.6. The van der Waals surface area contributed by atoms with Gasteiger partial charge in [0.25, 0.3) is 0 Å². The number of nitrogens with zero attached hydrogens (tertiary/aromatic N) is 1. The van der Waals surface area contributed by atoms with Crippen LogP contribution in [0.5, 0.6) is 11.5 Å². The van der Waals surface area contributed by atoms with Crippen molar-refractivity contribution >= 4 is 5.97 Å². The molecule has 0 saturated carbocycles. The summed E-state index contributed by atoms with van der Waals surface area (Å²) >= 11 is 0. The van der Waals surface area contributed by atoms with Gasteiger partial charge in [0.05, 0.1) is 5.56 Å². The van der Waals surface area contributed by atoms with Crippen LogP contribution < -0.4 is 4.74 Å². The standard InChI is InChI=1S/C24H31NO4/c1-4-7-8-23-20-12-11-19(14-21(20)24(27)29-23)28-16-17-9-10-18(22(26)13-17)15-25(5-2)6-3/h9-14,23,26H,4-8,15-16H2,1-3H3. The number of carbonyl (C=O) groups is 1. The number of unbranched alkanes of at least 4 members (excludes halogenated alkanes) is 1. The van der Waals surface area contributed by atoms with Gasteiger partial charge < -0.3 is 14.6 Å². The molecule has 1 N–H and O–H groups in total. The Kier molecular flexibility index (Phi) is 7.15. The molecule has 1 atom stereocenters. The molecule has 0 aliphatic carbocycles. The van der Waals surface area contributed by atoms with E-state index in [0.717, 1.165) is 55.6 Å². The van der Waals surface area contributed by atoms with E-state index in [1.54, 1.807) is 12.1 Å². The van der Waals surface area contributed by atoms with Gasteiger partial charge in [0.15, 0.2) is 0 Å². The summed E-state index contributed by atoms with van der Waals surface area (Å²) in [5.74, 6) is 0.641. The highest BCUT2D eigenvalue weighted by Crippen LogP contribution is 2.36. The van der Waals surface area contributed by atoms with Crippen LogP contribution in [0.3, 0.4) is 0 Å². The van der Waals surface area contributed by atoms with Crippen LogP contribution >= 0.6 is 0 Å². The summed E-state index contributed by atoms with van der Waals surface area (Å²) in [7, 11) is 0. The van der Waals surface area contributed by atoms with Crippen molar-refractivity contribution in [2.75, 3.05) is 13.1 Å². The van der Waals surface area contributed by atoms with Gasteiger partial charge in [-0.3, -0.25) is 4.90 Å². The fraction of sp³-hybridized carbons (Fsp3) is 0.458. The van der Waals surface area contributed by atoms with Gasteiger partial charge in [-0.25, -0.2) is 4.79 Å². The second-order valence-corrected chi connectivity index (χ2v) is 7.50. The van der Waals surface area contributed by atoms with E-state index in [9.17, 15) is 9.90 Å². The average molecular weight is 398 g/mol. The van der Waals surface area contributed by atoms with Gasteiger partial charge in [0.2, 0.25) is 0 Å². The molecule has 29 heavy (non-hydrogen) atoms. The molecule has 0 fully saturated rings. The van der Waals surface area contributed by atoms with Crippen LogP contribution in [0, 0.1) is 0 Å². The van der Waals surface area contributed by atoms with Gasteiger partial charge in [-0.15, -0.1) is 0 Å². The number of phenolic OH excluding ortho intramolecular Hbond substituents is 1. The maximum atomic E-state index is 12.2. The number of hydrogen-bond acceptors (Lipinski definition) is 5. The molecule has 5 nitrogen and oxygen atoms in total. The summed E-state index contributed by atoms with van der Waals surface area (Å²) in [4.78, 5) is 14.4. The average Bonchev–Trinajstić information content (AvgIpc) is 3.05. The number of hydrogen-bond donors (Lipinski definition) is 1. The topological polar surface area (TPSA) is 59.0 Å². The number of ether oxygens (including phenoxy) is 2. The molecule has 3 rings (SSSR count). The molecule has 1 heterocycles. The maximum absolute atomic E-state index is 12.2. The molecule has 0 saturated heterocycles. The first-order valence-corrected chi connectivity index (χ1v) is 10.6. The SMILES string of the molecule is CCCCC1OC(=O)c2cc(OCc3ccc(CN(CC)CC)c(O)c3)ccc21. The third kappa shape index (κ3) is 5.10.